The molecule has 1 atom stereocenters. The number of hydrogen-bond donors (Lipinski definition) is 1. The van der Waals surface area contributed by atoms with Gasteiger partial charge in [0, 0.05) is 37.5 Å². The summed E-state index contributed by atoms with van der Waals surface area (Å²) in [7, 11) is 1.86. The van der Waals surface area contributed by atoms with Crippen molar-refractivity contribution >= 4 is 17.4 Å². The Balaban J connectivity index is 1.38. The van der Waals surface area contributed by atoms with Crippen molar-refractivity contribution in [3.8, 4) is 11.3 Å². The van der Waals surface area contributed by atoms with Crippen molar-refractivity contribution in [2.45, 2.75) is 32.8 Å². The standard InChI is InChI=1S/C21H24N8O/c1-21(2)12-15(30-13-21)11-19-27-26-18-10-14(6-9-29(18)19)16-4-7-22-20(24-16)25-17-5-8-23-28(17)3/h4-10,15H,11-13H2,1-3H3,(H,22,24,25). The maximum absolute atomic E-state index is 5.94. The SMILES string of the molecule is Cn1nccc1Nc1nccc(-c2ccn3c(CC4CC(C)(C)CO4)nnc3c2)n1. The summed E-state index contributed by atoms with van der Waals surface area (Å²) in [5, 5.41) is 16.1. The number of anilines is 2. The van der Waals surface area contributed by atoms with Crippen molar-refractivity contribution in [3.63, 3.8) is 0 Å². The first-order valence-corrected chi connectivity index (χ1v) is 10.0. The molecule has 154 valence electrons. The molecule has 0 radical (unpaired) electrons. The molecule has 1 saturated heterocycles. The molecule has 1 N–H and O–H groups in total. The van der Waals surface area contributed by atoms with Gasteiger partial charge in [-0.25, -0.2) is 9.97 Å². The van der Waals surface area contributed by atoms with Crippen molar-refractivity contribution in [1.82, 2.24) is 34.3 Å². The molecular formula is C21H24N8O. The average Bonchev–Trinajstić information content (AvgIpc) is 3.41. The maximum Gasteiger partial charge on any atom is 0.228 e. The number of nitrogens with zero attached hydrogens (tertiary/aromatic N) is 7. The lowest BCUT2D eigenvalue weighted by molar-refractivity contribution is 0.0984. The number of fused-ring (bicyclic) bond motifs is 1. The monoisotopic (exact) mass is 404 g/mol. The molecule has 1 aliphatic heterocycles. The molecule has 9 heteroatoms. The van der Waals surface area contributed by atoms with Gasteiger partial charge in [0.15, 0.2) is 5.65 Å². The molecule has 0 bridgehead atoms. The van der Waals surface area contributed by atoms with Crippen molar-refractivity contribution in [2.24, 2.45) is 12.5 Å². The fraction of sp³-hybridized carbons (Fsp3) is 0.381. The normalized spacial score (nSPS) is 18.2. The lowest BCUT2D eigenvalue weighted by atomic mass is 9.90. The molecular weight excluding hydrogens is 380 g/mol. The molecule has 5 rings (SSSR count). The van der Waals surface area contributed by atoms with Gasteiger partial charge in [-0.05, 0) is 30.0 Å². The van der Waals surface area contributed by atoms with Crippen LogP contribution >= 0.6 is 0 Å². The first-order chi connectivity index (χ1) is 14.5. The van der Waals surface area contributed by atoms with E-state index in [1.165, 1.54) is 0 Å². The minimum absolute atomic E-state index is 0.189. The number of rotatable bonds is 5. The largest absolute Gasteiger partial charge is 0.377 e. The quantitative estimate of drug-likeness (QED) is 0.546. The molecule has 0 saturated carbocycles. The molecule has 30 heavy (non-hydrogen) atoms. The van der Waals surface area contributed by atoms with E-state index < -0.39 is 0 Å². The van der Waals surface area contributed by atoms with Crippen LogP contribution in [0.4, 0.5) is 11.8 Å². The lowest BCUT2D eigenvalue weighted by Crippen LogP contribution is -2.13. The molecule has 9 nitrogen and oxygen atoms in total. The van der Waals surface area contributed by atoms with E-state index in [0.717, 1.165) is 48.0 Å². The van der Waals surface area contributed by atoms with Crippen LogP contribution in [-0.4, -0.2) is 47.1 Å². The summed E-state index contributed by atoms with van der Waals surface area (Å²) in [6.07, 6.45) is 7.44. The Morgan fingerprint density at radius 3 is 2.87 bits per heavy atom. The Kier molecular flexibility index (Phi) is 4.47. The van der Waals surface area contributed by atoms with Gasteiger partial charge in [0.05, 0.1) is 24.6 Å². The summed E-state index contributed by atoms with van der Waals surface area (Å²) in [6, 6.07) is 7.77. The highest BCUT2D eigenvalue weighted by Gasteiger charge is 2.32. The van der Waals surface area contributed by atoms with E-state index in [0.29, 0.717) is 5.95 Å². The fourth-order valence-corrected chi connectivity index (χ4v) is 3.84. The van der Waals surface area contributed by atoms with E-state index in [-0.39, 0.29) is 11.5 Å². The lowest BCUT2D eigenvalue weighted by Gasteiger charge is -2.13. The zero-order chi connectivity index (χ0) is 20.7. The van der Waals surface area contributed by atoms with E-state index in [9.17, 15) is 0 Å². The van der Waals surface area contributed by atoms with Gasteiger partial charge < -0.3 is 10.1 Å². The van der Waals surface area contributed by atoms with Gasteiger partial charge in [0.2, 0.25) is 5.95 Å². The Morgan fingerprint density at radius 2 is 2.10 bits per heavy atom. The molecule has 0 amide bonds. The summed E-state index contributed by atoms with van der Waals surface area (Å²) < 4.78 is 9.69. The van der Waals surface area contributed by atoms with Crippen LogP contribution in [0.5, 0.6) is 0 Å². The Hall–Kier alpha value is -3.33. The molecule has 4 aromatic rings. The minimum atomic E-state index is 0.189. The van der Waals surface area contributed by atoms with Gasteiger partial charge in [0.25, 0.3) is 0 Å². The molecule has 0 aliphatic carbocycles. The Labute approximate surface area is 174 Å². The molecule has 0 spiro atoms. The number of aryl methyl sites for hydroxylation is 1. The van der Waals surface area contributed by atoms with Crippen LogP contribution < -0.4 is 5.32 Å². The highest BCUT2D eigenvalue weighted by Crippen LogP contribution is 2.32. The van der Waals surface area contributed by atoms with Crippen LogP contribution in [0.15, 0.2) is 42.9 Å². The third-order valence-electron chi connectivity index (χ3n) is 5.39. The van der Waals surface area contributed by atoms with E-state index in [2.05, 4.69) is 44.4 Å². The third-order valence-corrected chi connectivity index (χ3v) is 5.39. The summed E-state index contributed by atoms with van der Waals surface area (Å²) >= 11 is 0. The molecule has 5 heterocycles. The van der Waals surface area contributed by atoms with Gasteiger partial charge in [-0.2, -0.15) is 5.10 Å². The van der Waals surface area contributed by atoms with Crippen molar-refractivity contribution in [1.29, 1.82) is 0 Å². The second kappa shape index (κ2) is 7.17. The molecule has 1 fully saturated rings. The van der Waals surface area contributed by atoms with Crippen molar-refractivity contribution in [2.75, 3.05) is 11.9 Å². The second-order valence-corrected chi connectivity index (χ2v) is 8.50. The van der Waals surface area contributed by atoms with E-state index in [1.807, 2.05) is 41.9 Å². The molecule has 4 aromatic heterocycles. The summed E-state index contributed by atoms with van der Waals surface area (Å²) in [5.74, 6) is 2.25. The number of pyridine rings is 1. The zero-order valence-corrected chi connectivity index (χ0v) is 17.3. The first kappa shape index (κ1) is 18.7. The van der Waals surface area contributed by atoms with Crippen LogP contribution in [-0.2, 0) is 18.2 Å². The van der Waals surface area contributed by atoms with Gasteiger partial charge >= 0.3 is 0 Å². The maximum atomic E-state index is 5.94. The predicted molar refractivity (Wildman–Crippen MR) is 112 cm³/mol. The highest BCUT2D eigenvalue weighted by molar-refractivity contribution is 5.65. The topological polar surface area (TPSA) is 95.1 Å². The summed E-state index contributed by atoms with van der Waals surface area (Å²) in [4.78, 5) is 8.94. The summed E-state index contributed by atoms with van der Waals surface area (Å²) in [6.45, 7) is 5.27. The van der Waals surface area contributed by atoms with Gasteiger partial charge in [-0.3, -0.25) is 9.08 Å². The van der Waals surface area contributed by atoms with Crippen molar-refractivity contribution < 1.29 is 4.74 Å². The molecule has 1 unspecified atom stereocenters. The number of hydrogen-bond acceptors (Lipinski definition) is 7. The van der Waals surface area contributed by atoms with Gasteiger partial charge in [0.1, 0.15) is 11.6 Å². The van der Waals surface area contributed by atoms with Crippen LogP contribution in [0.2, 0.25) is 0 Å². The average molecular weight is 404 g/mol. The van der Waals surface area contributed by atoms with E-state index >= 15 is 0 Å². The first-order valence-electron chi connectivity index (χ1n) is 10.0. The number of nitrogens with one attached hydrogen (secondary N) is 1. The number of aromatic nitrogens is 7. The Morgan fingerprint density at radius 1 is 1.20 bits per heavy atom. The zero-order valence-electron chi connectivity index (χ0n) is 17.3. The minimum Gasteiger partial charge on any atom is -0.377 e. The molecule has 0 aromatic carbocycles. The van der Waals surface area contributed by atoms with E-state index in [1.54, 1.807) is 17.1 Å². The highest BCUT2D eigenvalue weighted by atomic mass is 16.5. The van der Waals surface area contributed by atoms with Crippen LogP contribution in [0.3, 0.4) is 0 Å². The van der Waals surface area contributed by atoms with Crippen LogP contribution in [0.25, 0.3) is 16.9 Å². The van der Waals surface area contributed by atoms with Gasteiger partial charge in [-0.15, -0.1) is 10.2 Å². The predicted octanol–water partition coefficient (Wildman–Crippen LogP) is 3.02. The van der Waals surface area contributed by atoms with E-state index in [4.69, 9.17) is 4.74 Å². The van der Waals surface area contributed by atoms with Crippen LogP contribution in [0, 0.1) is 5.41 Å². The fourth-order valence-electron chi connectivity index (χ4n) is 3.84. The third kappa shape index (κ3) is 3.63. The second-order valence-electron chi connectivity index (χ2n) is 8.50. The Bertz CT molecular complexity index is 1190. The smallest absolute Gasteiger partial charge is 0.228 e. The van der Waals surface area contributed by atoms with Crippen LogP contribution in [0.1, 0.15) is 26.1 Å². The molecule has 1 aliphatic rings. The summed E-state index contributed by atoms with van der Waals surface area (Å²) in [5.41, 5.74) is 2.78. The number of ether oxygens (including phenoxy) is 1. The van der Waals surface area contributed by atoms with Crippen molar-refractivity contribution in [3.05, 3.63) is 48.7 Å². The van der Waals surface area contributed by atoms with Gasteiger partial charge in [-0.1, -0.05) is 13.8 Å².